The van der Waals surface area contributed by atoms with Crippen LogP contribution in [0, 0.1) is 5.92 Å². The van der Waals surface area contributed by atoms with E-state index in [4.69, 9.17) is 16.7 Å². The van der Waals surface area contributed by atoms with Gasteiger partial charge in [-0.05, 0) is 40.0 Å². The van der Waals surface area contributed by atoms with Crippen molar-refractivity contribution in [1.29, 1.82) is 0 Å². The molecule has 1 aromatic carbocycles. The lowest BCUT2D eigenvalue weighted by Crippen LogP contribution is -2.44. The highest BCUT2D eigenvalue weighted by molar-refractivity contribution is 9.10. The van der Waals surface area contributed by atoms with Crippen molar-refractivity contribution in [3.05, 3.63) is 33.3 Å². The maximum Gasteiger partial charge on any atom is 0.326 e. The lowest BCUT2D eigenvalue weighted by Gasteiger charge is -2.18. The Morgan fingerprint density at radius 2 is 2.00 bits per heavy atom. The molecule has 0 aliphatic rings. The molecule has 0 fully saturated rings. The molecule has 0 aliphatic carbocycles. The van der Waals surface area contributed by atoms with Crippen molar-refractivity contribution in [2.45, 2.75) is 19.9 Å². The molecule has 1 amide bonds. The van der Waals surface area contributed by atoms with Gasteiger partial charge in [-0.25, -0.2) is 4.79 Å². The number of carbonyl (C=O) groups is 2. The summed E-state index contributed by atoms with van der Waals surface area (Å²) in [5, 5.41) is 12.0. The molecule has 1 aromatic rings. The number of rotatable bonds is 4. The van der Waals surface area contributed by atoms with Gasteiger partial charge in [0.05, 0.1) is 5.56 Å². The van der Waals surface area contributed by atoms with E-state index in [9.17, 15) is 9.59 Å². The first-order chi connectivity index (χ1) is 8.32. The maximum atomic E-state index is 11.9. The van der Waals surface area contributed by atoms with Gasteiger partial charge in [0.25, 0.3) is 5.91 Å². The zero-order valence-corrected chi connectivity index (χ0v) is 12.2. The van der Waals surface area contributed by atoms with E-state index in [1.54, 1.807) is 32.0 Å². The quantitative estimate of drug-likeness (QED) is 0.889. The van der Waals surface area contributed by atoms with Crippen LogP contribution in [0.4, 0.5) is 0 Å². The SMILES string of the molecule is CC(C)[C@@H](NC(=O)c1ccc(Cl)cc1Br)C(=O)O. The van der Waals surface area contributed by atoms with Crippen LogP contribution >= 0.6 is 27.5 Å². The predicted octanol–water partition coefficient (Wildman–Crippen LogP) is 2.94. The fourth-order valence-electron chi connectivity index (χ4n) is 1.41. The highest BCUT2D eigenvalue weighted by atomic mass is 79.9. The van der Waals surface area contributed by atoms with E-state index < -0.39 is 17.9 Å². The molecule has 0 unspecified atom stereocenters. The molecule has 0 heterocycles. The van der Waals surface area contributed by atoms with Crippen LogP contribution in [0.15, 0.2) is 22.7 Å². The molecule has 4 nitrogen and oxygen atoms in total. The van der Waals surface area contributed by atoms with Gasteiger partial charge in [-0.15, -0.1) is 0 Å². The van der Waals surface area contributed by atoms with E-state index in [1.165, 1.54) is 0 Å². The Labute approximate surface area is 118 Å². The third-order valence-corrected chi connectivity index (χ3v) is 3.29. The molecule has 0 bridgehead atoms. The second-order valence-corrected chi connectivity index (χ2v) is 5.45. The molecule has 0 spiro atoms. The van der Waals surface area contributed by atoms with E-state index in [2.05, 4.69) is 21.2 Å². The van der Waals surface area contributed by atoms with Crippen molar-refractivity contribution < 1.29 is 14.7 Å². The first kappa shape index (κ1) is 15.0. The largest absolute Gasteiger partial charge is 0.480 e. The second-order valence-electron chi connectivity index (χ2n) is 4.16. The summed E-state index contributed by atoms with van der Waals surface area (Å²) in [4.78, 5) is 22.9. The minimum Gasteiger partial charge on any atom is -0.480 e. The molecule has 0 saturated carbocycles. The number of hydrogen-bond donors (Lipinski definition) is 2. The van der Waals surface area contributed by atoms with Gasteiger partial charge in [0, 0.05) is 9.50 Å². The highest BCUT2D eigenvalue weighted by Gasteiger charge is 2.24. The standard InChI is InChI=1S/C12H13BrClNO3/c1-6(2)10(12(17)18)15-11(16)8-4-3-7(14)5-9(8)13/h3-6,10H,1-2H3,(H,15,16)(H,17,18)/t10-/m1/s1. The molecule has 1 atom stereocenters. The van der Waals surface area contributed by atoms with Gasteiger partial charge >= 0.3 is 5.97 Å². The summed E-state index contributed by atoms with van der Waals surface area (Å²) < 4.78 is 0.528. The number of halogens is 2. The summed E-state index contributed by atoms with van der Waals surface area (Å²) in [6.07, 6.45) is 0. The van der Waals surface area contributed by atoms with E-state index in [0.29, 0.717) is 15.1 Å². The van der Waals surface area contributed by atoms with Crippen LogP contribution in [-0.2, 0) is 4.79 Å². The van der Waals surface area contributed by atoms with Gasteiger partial charge in [0.2, 0.25) is 0 Å². The van der Waals surface area contributed by atoms with Crippen molar-refractivity contribution >= 4 is 39.4 Å². The molecule has 6 heteroatoms. The third-order valence-electron chi connectivity index (χ3n) is 2.40. The number of carbonyl (C=O) groups excluding carboxylic acids is 1. The normalized spacial score (nSPS) is 12.3. The number of benzene rings is 1. The Hall–Kier alpha value is -1.07. The van der Waals surface area contributed by atoms with Gasteiger partial charge < -0.3 is 10.4 Å². The smallest absolute Gasteiger partial charge is 0.326 e. The lowest BCUT2D eigenvalue weighted by atomic mass is 10.0. The Morgan fingerprint density at radius 1 is 1.39 bits per heavy atom. The Kier molecular flexibility index (Phi) is 5.16. The number of amides is 1. The summed E-state index contributed by atoms with van der Waals surface area (Å²) in [6, 6.07) is 3.79. The van der Waals surface area contributed by atoms with Gasteiger partial charge in [0.15, 0.2) is 0 Å². The number of carboxylic acid groups (broad SMARTS) is 1. The molecule has 2 N–H and O–H groups in total. The zero-order valence-electron chi connectivity index (χ0n) is 9.91. The number of aliphatic carboxylic acids is 1. The molecular formula is C12H13BrClNO3. The predicted molar refractivity (Wildman–Crippen MR) is 72.9 cm³/mol. The molecule has 0 saturated heterocycles. The molecular weight excluding hydrogens is 321 g/mol. The lowest BCUT2D eigenvalue weighted by molar-refractivity contribution is -0.140. The van der Waals surface area contributed by atoms with Gasteiger partial charge in [-0.2, -0.15) is 0 Å². The first-order valence-electron chi connectivity index (χ1n) is 5.31. The monoisotopic (exact) mass is 333 g/mol. The molecule has 98 valence electrons. The molecule has 0 aromatic heterocycles. The van der Waals surface area contributed by atoms with Crippen LogP contribution in [0.3, 0.4) is 0 Å². The Balaban J connectivity index is 2.91. The summed E-state index contributed by atoms with van der Waals surface area (Å²) in [5.41, 5.74) is 0.353. The minimum absolute atomic E-state index is 0.197. The molecule has 0 aliphatic heterocycles. The molecule has 1 rings (SSSR count). The van der Waals surface area contributed by atoms with Crippen LogP contribution in [0.5, 0.6) is 0 Å². The number of hydrogen-bond acceptors (Lipinski definition) is 2. The van der Waals surface area contributed by atoms with Crippen LogP contribution in [0.25, 0.3) is 0 Å². The van der Waals surface area contributed by atoms with Gasteiger partial charge in [-0.3, -0.25) is 4.79 Å². The number of carboxylic acids is 1. The van der Waals surface area contributed by atoms with E-state index in [-0.39, 0.29) is 5.92 Å². The van der Waals surface area contributed by atoms with Crippen LogP contribution in [-0.4, -0.2) is 23.0 Å². The summed E-state index contributed by atoms with van der Waals surface area (Å²) in [5.74, 6) is -1.69. The summed E-state index contributed by atoms with van der Waals surface area (Å²) >= 11 is 8.99. The van der Waals surface area contributed by atoms with Crippen LogP contribution < -0.4 is 5.32 Å². The van der Waals surface area contributed by atoms with E-state index in [1.807, 2.05) is 0 Å². The Bertz CT molecular complexity index is 476. The first-order valence-corrected chi connectivity index (χ1v) is 6.48. The average molecular weight is 335 g/mol. The van der Waals surface area contributed by atoms with E-state index in [0.717, 1.165) is 0 Å². The van der Waals surface area contributed by atoms with Crippen LogP contribution in [0.2, 0.25) is 5.02 Å². The Morgan fingerprint density at radius 3 is 2.44 bits per heavy atom. The van der Waals surface area contributed by atoms with Crippen LogP contribution in [0.1, 0.15) is 24.2 Å². The van der Waals surface area contributed by atoms with Gasteiger partial charge in [-0.1, -0.05) is 25.4 Å². The maximum absolute atomic E-state index is 11.9. The summed E-state index contributed by atoms with van der Waals surface area (Å²) in [7, 11) is 0. The minimum atomic E-state index is -1.05. The van der Waals surface area contributed by atoms with Crippen molar-refractivity contribution in [1.82, 2.24) is 5.32 Å². The third kappa shape index (κ3) is 3.71. The van der Waals surface area contributed by atoms with Crippen molar-refractivity contribution in [2.24, 2.45) is 5.92 Å². The topological polar surface area (TPSA) is 66.4 Å². The highest BCUT2D eigenvalue weighted by Crippen LogP contribution is 2.21. The van der Waals surface area contributed by atoms with Gasteiger partial charge in [0.1, 0.15) is 6.04 Å². The molecule has 0 radical (unpaired) electrons. The fraction of sp³-hybridized carbons (Fsp3) is 0.333. The number of nitrogens with one attached hydrogen (secondary N) is 1. The average Bonchev–Trinajstić information content (AvgIpc) is 2.24. The summed E-state index contributed by atoms with van der Waals surface area (Å²) in [6.45, 7) is 3.46. The molecule has 18 heavy (non-hydrogen) atoms. The second kappa shape index (κ2) is 6.20. The zero-order chi connectivity index (χ0) is 13.9. The van der Waals surface area contributed by atoms with E-state index >= 15 is 0 Å². The fourth-order valence-corrected chi connectivity index (χ4v) is 2.27. The van der Waals surface area contributed by atoms with Crippen molar-refractivity contribution in [3.8, 4) is 0 Å². The van der Waals surface area contributed by atoms with Crippen molar-refractivity contribution in [2.75, 3.05) is 0 Å². The van der Waals surface area contributed by atoms with Crippen molar-refractivity contribution in [3.63, 3.8) is 0 Å².